The molecule has 3 amide bonds. The monoisotopic (exact) mass is 381 g/mol. The number of anilines is 1. The fourth-order valence-electron chi connectivity index (χ4n) is 3.17. The number of para-hydroxylation sites is 2. The summed E-state index contributed by atoms with van der Waals surface area (Å²) in [5.74, 6) is -0.322. The van der Waals surface area contributed by atoms with E-state index in [-0.39, 0.29) is 24.1 Å². The van der Waals surface area contributed by atoms with Crippen LogP contribution in [-0.2, 0) is 9.59 Å². The first-order chi connectivity index (χ1) is 13.6. The van der Waals surface area contributed by atoms with Crippen LogP contribution in [0.4, 0.5) is 5.69 Å². The highest BCUT2D eigenvalue weighted by Crippen LogP contribution is 2.32. The number of nitrogens with zero attached hydrogens (tertiary/aromatic N) is 1. The molecule has 3 rings (SSSR count). The van der Waals surface area contributed by atoms with E-state index in [0.717, 1.165) is 0 Å². The van der Waals surface area contributed by atoms with Gasteiger partial charge in [0.2, 0.25) is 11.8 Å². The zero-order valence-electron chi connectivity index (χ0n) is 15.7. The lowest BCUT2D eigenvalue weighted by molar-refractivity contribution is -0.126. The largest absolute Gasteiger partial charge is 0.495 e. The lowest BCUT2D eigenvalue weighted by Crippen LogP contribution is -2.38. The number of amides is 3. The van der Waals surface area contributed by atoms with Crippen LogP contribution in [0.15, 0.2) is 54.6 Å². The van der Waals surface area contributed by atoms with E-state index >= 15 is 0 Å². The third kappa shape index (κ3) is 4.49. The summed E-state index contributed by atoms with van der Waals surface area (Å²) >= 11 is 0. The molecule has 1 heterocycles. The van der Waals surface area contributed by atoms with Gasteiger partial charge in [-0.25, -0.2) is 0 Å². The molecule has 2 aromatic rings. The Kier molecular flexibility index (Phi) is 6.26. The van der Waals surface area contributed by atoms with Gasteiger partial charge in [-0.15, -0.1) is 0 Å². The van der Waals surface area contributed by atoms with Gasteiger partial charge >= 0.3 is 0 Å². The van der Waals surface area contributed by atoms with E-state index in [1.807, 2.05) is 18.2 Å². The Balaban J connectivity index is 1.48. The van der Waals surface area contributed by atoms with Crippen molar-refractivity contribution in [2.45, 2.75) is 6.42 Å². The molecule has 0 spiro atoms. The van der Waals surface area contributed by atoms with E-state index < -0.39 is 5.92 Å². The van der Waals surface area contributed by atoms with Gasteiger partial charge in [-0.2, -0.15) is 0 Å². The zero-order valence-corrected chi connectivity index (χ0v) is 15.7. The topological polar surface area (TPSA) is 87.7 Å². The van der Waals surface area contributed by atoms with Gasteiger partial charge < -0.3 is 20.3 Å². The van der Waals surface area contributed by atoms with E-state index in [9.17, 15) is 14.4 Å². The second-order valence-corrected chi connectivity index (χ2v) is 6.49. The van der Waals surface area contributed by atoms with Gasteiger partial charge in [-0.1, -0.05) is 30.3 Å². The maximum atomic E-state index is 12.4. The number of hydrogen-bond acceptors (Lipinski definition) is 4. The van der Waals surface area contributed by atoms with Crippen LogP contribution in [0.25, 0.3) is 0 Å². The van der Waals surface area contributed by atoms with E-state index in [1.54, 1.807) is 48.4 Å². The molecule has 146 valence electrons. The van der Waals surface area contributed by atoms with Crippen molar-refractivity contribution < 1.29 is 19.1 Å². The quantitative estimate of drug-likeness (QED) is 0.713. The number of ether oxygens (including phenoxy) is 1. The number of nitrogens with one attached hydrogen (secondary N) is 2. The minimum atomic E-state index is -0.428. The summed E-state index contributed by atoms with van der Waals surface area (Å²) in [7, 11) is 1.55. The van der Waals surface area contributed by atoms with Crippen molar-refractivity contribution in [3.63, 3.8) is 0 Å². The predicted octanol–water partition coefficient (Wildman–Crippen LogP) is 1.59. The number of rotatable bonds is 7. The van der Waals surface area contributed by atoms with E-state index in [1.165, 1.54) is 0 Å². The van der Waals surface area contributed by atoms with Gasteiger partial charge in [-0.3, -0.25) is 14.4 Å². The molecule has 1 atom stereocenters. The van der Waals surface area contributed by atoms with Crippen LogP contribution < -0.4 is 20.3 Å². The Hall–Kier alpha value is -3.35. The van der Waals surface area contributed by atoms with Crippen molar-refractivity contribution in [2.75, 3.05) is 31.6 Å². The molecule has 7 nitrogen and oxygen atoms in total. The smallest absolute Gasteiger partial charge is 0.251 e. The fraction of sp³-hybridized carbons (Fsp3) is 0.286. The van der Waals surface area contributed by atoms with Crippen molar-refractivity contribution >= 4 is 23.4 Å². The van der Waals surface area contributed by atoms with E-state index in [2.05, 4.69) is 10.6 Å². The Morgan fingerprint density at radius 1 is 1.04 bits per heavy atom. The highest BCUT2D eigenvalue weighted by atomic mass is 16.5. The molecular formula is C21H23N3O4. The highest BCUT2D eigenvalue weighted by Gasteiger charge is 2.36. The Labute approximate surface area is 163 Å². The Bertz CT molecular complexity index is 854. The number of carbonyl (C=O) groups is 3. The second kappa shape index (κ2) is 9.03. The van der Waals surface area contributed by atoms with Crippen LogP contribution in [0, 0.1) is 5.92 Å². The molecule has 0 aliphatic carbocycles. The molecule has 0 radical (unpaired) electrons. The van der Waals surface area contributed by atoms with Crippen molar-refractivity contribution in [2.24, 2.45) is 5.92 Å². The predicted molar refractivity (Wildman–Crippen MR) is 105 cm³/mol. The average molecular weight is 381 g/mol. The summed E-state index contributed by atoms with van der Waals surface area (Å²) in [6.07, 6.45) is 0.153. The highest BCUT2D eigenvalue weighted by molar-refractivity contribution is 6.01. The van der Waals surface area contributed by atoms with Crippen LogP contribution in [0.1, 0.15) is 16.8 Å². The summed E-state index contributed by atoms with van der Waals surface area (Å²) in [5.41, 5.74) is 1.24. The molecule has 0 unspecified atom stereocenters. The van der Waals surface area contributed by atoms with E-state index in [4.69, 9.17) is 4.74 Å². The number of benzene rings is 2. The van der Waals surface area contributed by atoms with Crippen molar-refractivity contribution in [3.8, 4) is 5.75 Å². The number of methoxy groups -OCH3 is 1. The minimum absolute atomic E-state index is 0.109. The summed E-state index contributed by atoms with van der Waals surface area (Å²) in [6.45, 7) is 0.925. The first-order valence-electron chi connectivity index (χ1n) is 9.14. The summed E-state index contributed by atoms with van der Waals surface area (Å²) in [4.78, 5) is 38.3. The van der Waals surface area contributed by atoms with Gasteiger partial charge in [-0.05, 0) is 24.3 Å². The van der Waals surface area contributed by atoms with Gasteiger partial charge in [0.15, 0.2) is 0 Å². The minimum Gasteiger partial charge on any atom is -0.495 e. The molecule has 1 fully saturated rings. The van der Waals surface area contributed by atoms with Crippen molar-refractivity contribution in [1.29, 1.82) is 0 Å². The molecule has 0 saturated carbocycles. The third-order valence-electron chi connectivity index (χ3n) is 4.62. The zero-order chi connectivity index (χ0) is 19.9. The molecule has 2 aromatic carbocycles. The lowest BCUT2D eigenvalue weighted by Gasteiger charge is -2.19. The van der Waals surface area contributed by atoms with Gasteiger partial charge in [0, 0.05) is 31.6 Å². The van der Waals surface area contributed by atoms with Crippen LogP contribution in [-0.4, -0.2) is 44.5 Å². The average Bonchev–Trinajstić information content (AvgIpc) is 3.13. The van der Waals surface area contributed by atoms with Crippen molar-refractivity contribution in [1.82, 2.24) is 10.6 Å². The molecule has 0 bridgehead atoms. The lowest BCUT2D eigenvalue weighted by atomic mass is 10.1. The summed E-state index contributed by atoms with van der Waals surface area (Å²) in [6, 6.07) is 16.1. The molecule has 1 saturated heterocycles. The maximum absolute atomic E-state index is 12.4. The van der Waals surface area contributed by atoms with Crippen LogP contribution in [0.5, 0.6) is 5.75 Å². The normalized spacial score (nSPS) is 16.0. The molecule has 0 aromatic heterocycles. The Morgan fingerprint density at radius 2 is 1.71 bits per heavy atom. The van der Waals surface area contributed by atoms with Crippen LogP contribution in [0.3, 0.4) is 0 Å². The van der Waals surface area contributed by atoms with Crippen molar-refractivity contribution in [3.05, 3.63) is 60.2 Å². The van der Waals surface area contributed by atoms with E-state index in [0.29, 0.717) is 36.6 Å². The molecule has 1 aliphatic rings. The molecule has 28 heavy (non-hydrogen) atoms. The molecule has 2 N–H and O–H groups in total. The standard InChI is InChI=1S/C21H23N3O4/c1-28-18-10-6-5-9-17(18)24-14-16(13-19(24)25)21(27)23-12-11-22-20(26)15-7-3-2-4-8-15/h2-10,16H,11-14H2,1H3,(H,22,26)(H,23,27)/t16-/m0/s1. The Morgan fingerprint density at radius 3 is 2.46 bits per heavy atom. The molecular weight excluding hydrogens is 358 g/mol. The van der Waals surface area contributed by atoms with Crippen LogP contribution >= 0.6 is 0 Å². The number of carbonyl (C=O) groups excluding carboxylic acids is 3. The summed E-state index contributed by atoms with van der Waals surface area (Å²) in [5, 5.41) is 5.54. The first-order valence-corrected chi connectivity index (χ1v) is 9.14. The third-order valence-corrected chi connectivity index (χ3v) is 4.62. The van der Waals surface area contributed by atoms with Gasteiger partial charge in [0.05, 0.1) is 18.7 Å². The van der Waals surface area contributed by atoms with Gasteiger partial charge in [0.25, 0.3) is 5.91 Å². The molecule has 7 heteroatoms. The molecule has 1 aliphatic heterocycles. The number of hydrogen-bond donors (Lipinski definition) is 2. The fourth-order valence-corrected chi connectivity index (χ4v) is 3.17. The second-order valence-electron chi connectivity index (χ2n) is 6.49. The first kappa shape index (κ1) is 19.4. The van der Waals surface area contributed by atoms with Crippen LogP contribution in [0.2, 0.25) is 0 Å². The maximum Gasteiger partial charge on any atom is 0.251 e. The SMILES string of the molecule is COc1ccccc1N1C[C@@H](C(=O)NCCNC(=O)c2ccccc2)CC1=O. The summed E-state index contributed by atoms with van der Waals surface area (Å²) < 4.78 is 5.31. The van der Waals surface area contributed by atoms with Gasteiger partial charge in [0.1, 0.15) is 5.75 Å².